The molecule has 26 heteroatoms. The Morgan fingerprint density at radius 1 is 0.441 bits per heavy atom. The van der Waals surface area contributed by atoms with Gasteiger partial charge in [0.1, 0.15) is 42.2 Å². The first-order valence-corrected chi connectivity index (χ1v) is 43.7. The number of nitrogens with zero attached hydrogens (tertiary/aromatic N) is 15. The van der Waals surface area contributed by atoms with Crippen molar-refractivity contribution >= 4 is 107 Å². The quantitative estimate of drug-likeness (QED) is 0.0852. The third-order valence-corrected chi connectivity index (χ3v) is 21.6. The fourth-order valence-corrected chi connectivity index (χ4v) is 13.2. The van der Waals surface area contributed by atoms with Crippen LogP contribution in [0.25, 0.3) is 89.5 Å². The van der Waals surface area contributed by atoms with E-state index >= 15 is 0 Å². The summed E-state index contributed by atoms with van der Waals surface area (Å²) in [6.07, 6.45) is 42.6. The lowest BCUT2D eigenvalue weighted by Crippen LogP contribution is -2.41. The van der Waals surface area contributed by atoms with E-state index in [1.165, 1.54) is 5.56 Å². The summed E-state index contributed by atoms with van der Waals surface area (Å²) >= 11 is 10.1. The molecule has 592 valence electrons. The molecule has 0 bridgehead atoms. The van der Waals surface area contributed by atoms with Crippen LogP contribution in [0, 0.1) is 84.1 Å². The van der Waals surface area contributed by atoms with Crippen molar-refractivity contribution in [3.05, 3.63) is 296 Å². The zero-order chi connectivity index (χ0) is 84.3. The fraction of sp³-hybridized carbons (Fsp3) is 0.196. The molecule has 1 saturated heterocycles. The molecule has 0 unspecified atom stereocenters. The van der Waals surface area contributed by atoms with Crippen LogP contribution in [0.3, 0.4) is 0 Å². The molecule has 1 aliphatic heterocycles. The minimum absolute atomic E-state index is 0.357. The van der Waals surface area contributed by atoms with Crippen LogP contribution in [-0.4, -0.2) is 116 Å². The lowest BCUT2D eigenvalue weighted by molar-refractivity contribution is 0.00578. The second kappa shape index (κ2) is 39.5. The Bertz CT molecular complexity index is 6330. The predicted octanol–water partition coefficient (Wildman–Crippen LogP) is 19.9. The third kappa shape index (κ3) is 22.9. The molecule has 16 aromatic heterocycles. The number of fused-ring (bicyclic) bond motifs is 3. The first-order valence-electron chi connectivity index (χ1n) is 37.8. The number of nitrogen functional groups attached to an aromatic ring is 1. The van der Waals surface area contributed by atoms with Crippen LogP contribution in [0.4, 0.5) is 5.82 Å². The monoisotopic (exact) mass is 1770 g/mol. The van der Waals surface area contributed by atoms with Gasteiger partial charge in [-0.3, -0.25) is 49.5 Å². The van der Waals surface area contributed by atoms with Gasteiger partial charge in [-0.05, 0) is 245 Å². The number of pyridine rings is 11. The molecule has 21 nitrogen and oxygen atoms in total. The summed E-state index contributed by atoms with van der Waals surface area (Å²) in [6.45, 7) is 31.9. The maximum atomic E-state index is 6.13. The number of aromatic nitrogens is 18. The summed E-state index contributed by atoms with van der Waals surface area (Å²) in [5.41, 5.74) is 33.6. The van der Waals surface area contributed by atoms with Gasteiger partial charge in [-0.15, -0.1) is 12.0 Å². The van der Waals surface area contributed by atoms with Gasteiger partial charge in [-0.25, -0.2) is 19.9 Å². The standard InChI is InChI=1S/C22H19N7.C19H22BN3O2.2C13H10BrN3.C11H15NSi.C8H7N.C6H6BrN/c1-3-29-21(10-19(28-29)20-13-24-6-7-25-20)16-8-15-9-18(27-22(15)26-12-16)17-4-5-23-11-14(17)2;1-12-10-21-7-6-15(12)16-9-13-8-14(11-22-17(13)23-16)20-24-18(2,3)19(4,5)25-20;1-8-6-15-3-2-11(8)12-5-9-4-10(14)7-16-13(9)17-12;1-9-7-16-5-4-10(9)2-3-11-6-12(14)8-17-13(11)15;1-10-9-12-7-5-11(10)6-8-13(2,3)4;1-3-8-4-5-9-6-7(8)2;1-5-4-8-3-2-6(5)7/h4-13H,3H2,1-2H3,(H,26,27);6-11H,1-5H3,(H,22,23);2-7H,1H3,(H,16,17);4-8H,1H3,(H2,15,17);5,7,9H,1-4H3;1,4-6H,2H3;2-4H,1H3. The van der Waals surface area contributed by atoms with E-state index in [4.69, 9.17) is 26.6 Å². The lowest BCUT2D eigenvalue weighted by atomic mass is 9.80. The van der Waals surface area contributed by atoms with Crippen molar-refractivity contribution in [2.75, 3.05) is 5.73 Å². The van der Waals surface area contributed by atoms with Gasteiger partial charge < -0.3 is 30.0 Å². The van der Waals surface area contributed by atoms with Gasteiger partial charge in [-0.2, -0.15) is 5.10 Å². The summed E-state index contributed by atoms with van der Waals surface area (Å²) in [5.74, 6) is 12.3. The zero-order valence-corrected chi connectivity index (χ0v) is 74.1. The number of nitrogens with one attached hydrogen (secondary N) is 3. The van der Waals surface area contributed by atoms with Gasteiger partial charge in [0.05, 0.1) is 28.7 Å². The Morgan fingerprint density at radius 3 is 1.33 bits per heavy atom. The molecule has 1 aliphatic rings. The molecule has 17 heterocycles. The highest BCUT2D eigenvalue weighted by atomic mass is 79.9. The number of nitrogens with two attached hydrogens (primary N) is 1. The van der Waals surface area contributed by atoms with Crippen molar-refractivity contribution in [3.63, 3.8) is 0 Å². The highest BCUT2D eigenvalue weighted by Gasteiger charge is 2.52. The molecular formula is C92H89BBr3N19O2Si. The summed E-state index contributed by atoms with van der Waals surface area (Å²) in [4.78, 5) is 64.5. The number of halogens is 3. The molecule has 1 fully saturated rings. The number of hydrogen-bond donors (Lipinski definition) is 4. The average Bonchev–Trinajstić information content (AvgIpc) is 1.62. The Morgan fingerprint density at radius 2 is 0.873 bits per heavy atom. The SMILES string of the molecule is C#Cc1ccncc1C.CCn1nc(-c2cnccn2)cc1-c1cnc2[nH]c(-c3ccncc3C)cc2c1.Cc1cnccc1-c1cc2cc(B3OC(C)(C)C(C)(C)O3)cnc2[nH]1.Cc1cnccc1-c1cc2cc(Br)cnc2[nH]1.Cc1cnccc1Br.Cc1cnccc1C#C[Si](C)(C)C.Cc1cnccc1C#Cc1cc(Br)cnc1N. The number of aromatic amines is 3. The summed E-state index contributed by atoms with van der Waals surface area (Å²) < 4.78 is 17.2. The highest BCUT2D eigenvalue weighted by Crippen LogP contribution is 2.38. The number of rotatable bonds is 7. The van der Waals surface area contributed by atoms with Crippen LogP contribution in [0.15, 0.2) is 235 Å². The van der Waals surface area contributed by atoms with E-state index in [-0.39, 0.29) is 11.2 Å². The minimum atomic E-state index is -1.24. The number of aryl methyl sites for hydroxylation is 8. The molecule has 0 amide bonds. The van der Waals surface area contributed by atoms with Gasteiger partial charge >= 0.3 is 7.12 Å². The van der Waals surface area contributed by atoms with Crippen molar-refractivity contribution in [3.8, 4) is 92.1 Å². The van der Waals surface area contributed by atoms with Crippen molar-refractivity contribution in [2.24, 2.45) is 0 Å². The van der Waals surface area contributed by atoms with Crippen molar-refractivity contribution in [1.29, 1.82) is 0 Å². The van der Waals surface area contributed by atoms with E-state index in [1.807, 2.05) is 130 Å². The molecule has 16 aromatic rings. The van der Waals surface area contributed by atoms with E-state index in [0.29, 0.717) is 5.82 Å². The van der Waals surface area contributed by atoms with Crippen LogP contribution in [-0.2, 0) is 15.9 Å². The zero-order valence-electron chi connectivity index (χ0n) is 68.4. The fourth-order valence-electron chi connectivity index (χ4n) is 11.8. The first kappa shape index (κ1) is 86.5. The minimum Gasteiger partial charge on any atom is -0.399 e. The molecule has 0 atom stereocenters. The van der Waals surface area contributed by atoms with Crippen LogP contribution in [0.1, 0.15) is 95.8 Å². The average molecular weight is 1770 g/mol. The number of terminal acetylenes is 1. The molecule has 0 radical (unpaired) electrons. The van der Waals surface area contributed by atoms with Gasteiger partial charge in [0.15, 0.2) is 0 Å². The maximum absolute atomic E-state index is 6.13. The molecule has 0 aromatic carbocycles. The van der Waals surface area contributed by atoms with E-state index in [9.17, 15) is 0 Å². The van der Waals surface area contributed by atoms with Crippen molar-refractivity contribution < 1.29 is 9.31 Å². The molecule has 17 rings (SSSR count). The third-order valence-electron chi connectivity index (χ3n) is 19.0. The molecule has 0 aliphatic carbocycles. The maximum Gasteiger partial charge on any atom is 0.496 e. The van der Waals surface area contributed by atoms with Gasteiger partial charge in [0.2, 0.25) is 0 Å². The Hall–Kier alpha value is -12.3. The van der Waals surface area contributed by atoms with E-state index < -0.39 is 15.2 Å². The van der Waals surface area contributed by atoms with Gasteiger partial charge in [0.25, 0.3) is 0 Å². The smallest absolute Gasteiger partial charge is 0.399 e. The number of H-pyrrole nitrogens is 3. The summed E-state index contributed by atoms with van der Waals surface area (Å²) in [6, 6.07) is 30.2. The van der Waals surface area contributed by atoms with E-state index in [0.717, 1.165) is 171 Å². The topological polar surface area (TPSA) is 277 Å². The van der Waals surface area contributed by atoms with Gasteiger partial charge in [0, 0.05) is 222 Å². The number of anilines is 1. The Kier molecular flexibility index (Phi) is 29.0. The second-order valence-electron chi connectivity index (χ2n) is 29.7. The van der Waals surface area contributed by atoms with E-state index in [2.05, 4.69) is 268 Å². The molecule has 5 N–H and O–H groups in total. The number of hydrogen-bond acceptors (Lipinski definition) is 17. The Labute approximate surface area is 714 Å². The largest absolute Gasteiger partial charge is 0.496 e. The summed E-state index contributed by atoms with van der Waals surface area (Å²) in [5, 5.41) is 7.89. The predicted molar refractivity (Wildman–Crippen MR) is 488 cm³/mol. The van der Waals surface area contributed by atoms with Gasteiger partial charge in [-0.1, -0.05) is 59.3 Å². The van der Waals surface area contributed by atoms with Crippen LogP contribution in [0.2, 0.25) is 19.6 Å². The molecular weight excluding hydrogens is 1680 g/mol. The van der Waals surface area contributed by atoms with Crippen LogP contribution < -0.4 is 11.2 Å². The van der Waals surface area contributed by atoms with Crippen molar-refractivity contribution in [2.45, 2.75) is 120 Å². The van der Waals surface area contributed by atoms with Crippen molar-refractivity contribution in [1.82, 2.24) is 89.5 Å². The normalized spacial score (nSPS) is 12.1. The Balaban J connectivity index is 0.000000141. The van der Waals surface area contributed by atoms with Crippen LogP contribution >= 0.6 is 47.8 Å². The first-order chi connectivity index (χ1) is 56.5. The van der Waals surface area contributed by atoms with Crippen LogP contribution in [0.5, 0.6) is 0 Å². The second-order valence-corrected chi connectivity index (χ2v) is 37.1. The molecule has 0 saturated carbocycles. The highest BCUT2D eigenvalue weighted by molar-refractivity contribution is 9.11. The lowest BCUT2D eigenvalue weighted by Gasteiger charge is -2.32. The molecule has 0 spiro atoms. The molecule has 118 heavy (non-hydrogen) atoms. The summed E-state index contributed by atoms with van der Waals surface area (Å²) in [7, 11) is -1.64. The van der Waals surface area contributed by atoms with E-state index in [1.54, 1.807) is 86.8 Å².